The van der Waals surface area contributed by atoms with Gasteiger partial charge in [0.2, 0.25) is 0 Å². The Balaban J connectivity index is 2.09. The lowest BCUT2D eigenvalue weighted by Gasteiger charge is -2.39. The van der Waals surface area contributed by atoms with Gasteiger partial charge in [-0.1, -0.05) is 12.2 Å². The first-order chi connectivity index (χ1) is 8.59. The van der Waals surface area contributed by atoms with Crippen molar-refractivity contribution in [3.8, 4) is 0 Å². The van der Waals surface area contributed by atoms with E-state index in [-0.39, 0.29) is 6.04 Å². The molecule has 1 saturated heterocycles. The number of rotatable bonds is 4. The highest BCUT2D eigenvalue weighted by molar-refractivity contribution is 7.80. The molecule has 0 spiro atoms. The Labute approximate surface area is 119 Å². The Morgan fingerprint density at radius 2 is 2.22 bits per heavy atom. The maximum absolute atomic E-state index is 5.95. The molecule has 1 fully saturated rings. The summed E-state index contributed by atoms with van der Waals surface area (Å²) in [6.07, 6.45) is 2.38. The fourth-order valence-electron chi connectivity index (χ4n) is 2.64. The molecule has 2 N–H and O–H groups in total. The number of likely N-dealkylation sites (N-methyl/N-ethyl adjacent to an activating group) is 1. The third-order valence-electron chi connectivity index (χ3n) is 3.80. The largest absolute Gasteiger partial charge is 0.392 e. The lowest BCUT2D eigenvalue weighted by Crippen LogP contribution is -2.46. The molecule has 0 amide bonds. The minimum absolute atomic E-state index is 0.0830. The lowest BCUT2D eigenvalue weighted by atomic mass is 10.00. The van der Waals surface area contributed by atoms with E-state index in [2.05, 4.69) is 40.7 Å². The maximum atomic E-state index is 5.95. The van der Waals surface area contributed by atoms with Crippen LogP contribution in [-0.2, 0) is 0 Å². The number of hydrogen-bond acceptors (Lipinski definition) is 4. The lowest BCUT2D eigenvalue weighted by molar-refractivity contribution is 0.130. The molecule has 1 aliphatic rings. The van der Waals surface area contributed by atoms with E-state index in [4.69, 9.17) is 18.0 Å². The predicted octanol–water partition coefficient (Wildman–Crippen LogP) is 2.10. The normalized spacial score (nSPS) is 20.2. The third-order valence-corrected chi connectivity index (χ3v) is 4.72. The molecule has 1 aliphatic heterocycles. The van der Waals surface area contributed by atoms with Crippen molar-refractivity contribution in [2.75, 3.05) is 27.2 Å². The second-order valence-electron chi connectivity index (χ2n) is 5.06. The minimum Gasteiger partial charge on any atom is -0.392 e. The van der Waals surface area contributed by atoms with Gasteiger partial charge in [0.15, 0.2) is 0 Å². The van der Waals surface area contributed by atoms with E-state index in [0.717, 1.165) is 13.1 Å². The van der Waals surface area contributed by atoms with Gasteiger partial charge in [-0.25, -0.2) is 0 Å². The van der Waals surface area contributed by atoms with Crippen LogP contribution in [0.3, 0.4) is 0 Å². The van der Waals surface area contributed by atoms with Gasteiger partial charge < -0.3 is 10.6 Å². The second-order valence-corrected chi connectivity index (χ2v) is 6.31. The number of nitrogens with zero attached hydrogens (tertiary/aromatic N) is 2. The van der Waals surface area contributed by atoms with Crippen LogP contribution >= 0.6 is 23.6 Å². The Morgan fingerprint density at radius 3 is 2.72 bits per heavy atom. The molecule has 1 atom stereocenters. The SMILES string of the molecule is CN1CCC(N(C)C(C(N)=S)c2ccsc2)CC1. The van der Waals surface area contributed by atoms with Crippen LogP contribution in [-0.4, -0.2) is 48.0 Å². The first kappa shape index (κ1) is 13.9. The summed E-state index contributed by atoms with van der Waals surface area (Å²) in [6.45, 7) is 2.31. The maximum Gasteiger partial charge on any atom is 0.0948 e. The standard InChI is InChI=1S/C13H21N3S2/c1-15-6-3-11(4-7-15)16(2)12(13(14)17)10-5-8-18-9-10/h5,8-9,11-12H,3-4,6-7H2,1-2H3,(H2,14,17). The van der Waals surface area contributed by atoms with Crippen molar-refractivity contribution in [3.05, 3.63) is 22.4 Å². The fourth-order valence-corrected chi connectivity index (χ4v) is 3.62. The van der Waals surface area contributed by atoms with E-state index >= 15 is 0 Å². The molecule has 1 aromatic heterocycles. The van der Waals surface area contributed by atoms with E-state index in [0.29, 0.717) is 11.0 Å². The minimum atomic E-state index is 0.0830. The predicted molar refractivity (Wildman–Crippen MR) is 82.1 cm³/mol. The summed E-state index contributed by atoms with van der Waals surface area (Å²) in [5.74, 6) is 0. The highest BCUT2D eigenvalue weighted by atomic mass is 32.1. The molecule has 0 radical (unpaired) electrons. The number of thiocarbonyl (C=S) groups is 1. The molecule has 3 nitrogen and oxygen atoms in total. The molecule has 1 aromatic rings. The number of piperidine rings is 1. The van der Waals surface area contributed by atoms with Crippen molar-refractivity contribution in [1.82, 2.24) is 9.80 Å². The second kappa shape index (κ2) is 6.10. The monoisotopic (exact) mass is 283 g/mol. The van der Waals surface area contributed by atoms with Gasteiger partial charge in [-0.3, -0.25) is 4.90 Å². The molecular formula is C13H21N3S2. The van der Waals surface area contributed by atoms with Crippen LogP contribution in [0.25, 0.3) is 0 Å². The molecule has 5 heteroatoms. The zero-order valence-corrected chi connectivity index (χ0v) is 12.6. The van der Waals surface area contributed by atoms with Gasteiger partial charge in [0.05, 0.1) is 11.0 Å². The summed E-state index contributed by atoms with van der Waals surface area (Å²) in [5, 5.41) is 4.23. The van der Waals surface area contributed by atoms with Gasteiger partial charge in [0.1, 0.15) is 0 Å². The molecule has 2 heterocycles. The summed E-state index contributed by atoms with van der Waals surface area (Å²) in [4.78, 5) is 5.32. The average Bonchev–Trinajstić information content (AvgIpc) is 2.83. The Kier molecular flexibility index (Phi) is 4.72. The molecule has 0 aliphatic carbocycles. The van der Waals surface area contributed by atoms with Gasteiger partial charge in [-0.2, -0.15) is 11.3 Å². The first-order valence-electron chi connectivity index (χ1n) is 6.31. The van der Waals surface area contributed by atoms with Crippen LogP contribution in [0.2, 0.25) is 0 Å². The number of nitrogens with two attached hydrogens (primary N) is 1. The van der Waals surface area contributed by atoms with E-state index in [9.17, 15) is 0 Å². The first-order valence-corrected chi connectivity index (χ1v) is 7.66. The van der Waals surface area contributed by atoms with E-state index in [1.807, 2.05) is 0 Å². The Bertz CT molecular complexity index is 383. The molecule has 0 aromatic carbocycles. The molecular weight excluding hydrogens is 262 g/mol. The van der Waals surface area contributed by atoms with Crippen molar-refractivity contribution in [3.63, 3.8) is 0 Å². The number of likely N-dealkylation sites (tertiary alicyclic amines) is 1. The van der Waals surface area contributed by atoms with Crippen molar-refractivity contribution in [2.24, 2.45) is 5.73 Å². The molecule has 0 saturated carbocycles. The summed E-state index contributed by atoms with van der Waals surface area (Å²) in [5.41, 5.74) is 7.18. The number of hydrogen-bond donors (Lipinski definition) is 1. The highest BCUT2D eigenvalue weighted by Crippen LogP contribution is 2.27. The van der Waals surface area contributed by atoms with E-state index in [1.165, 1.54) is 18.4 Å². The van der Waals surface area contributed by atoms with Crippen LogP contribution in [0.1, 0.15) is 24.4 Å². The van der Waals surface area contributed by atoms with Crippen LogP contribution < -0.4 is 5.73 Å². The van der Waals surface area contributed by atoms with Crippen LogP contribution in [0.4, 0.5) is 0 Å². The van der Waals surface area contributed by atoms with Gasteiger partial charge in [0.25, 0.3) is 0 Å². The summed E-state index contributed by atoms with van der Waals surface area (Å²) >= 11 is 6.96. The van der Waals surface area contributed by atoms with Crippen molar-refractivity contribution in [2.45, 2.75) is 24.9 Å². The highest BCUT2D eigenvalue weighted by Gasteiger charge is 2.28. The van der Waals surface area contributed by atoms with E-state index < -0.39 is 0 Å². The third kappa shape index (κ3) is 3.09. The van der Waals surface area contributed by atoms with Crippen LogP contribution in [0, 0.1) is 0 Å². The fraction of sp³-hybridized carbons (Fsp3) is 0.615. The van der Waals surface area contributed by atoms with Gasteiger partial charge in [-0.05, 0) is 62.4 Å². The van der Waals surface area contributed by atoms with Crippen LogP contribution in [0.5, 0.6) is 0 Å². The zero-order valence-electron chi connectivity index (χ0n) is 11.0. The average molecular weight is 283 g/mol. The molecule has 18 heavy (non-hydrogen) atoms. The molecule has 2 rings (SSSR count). The topological polar surface area (TPSA) is 32.5 Å². The summed E-state index contributed by atoms with van der Waals surface area (Å²) in [6, 6.07) is 2.78. The summed E-state index contributed by atoms with van der Waals surface area (Å²) in [7, 11) is 4.33. The number of thiophene rings is 1. The van der Waals surface area contributed by atoms with Crippen molar-refractivity contribution < 1.29 is 0 Å². The quantitative estimate of drug-likeness (QED) is 0.858. The van der Waals surface area contributed by atoms with Gasteiger partial charge in [0, 0.05) is 6.04 Å². The Hall–Kier alpha value is -0.490. The van der Waals surface area contributed by atoms with Gasteiger partial charge in [-0.15, -0.1) is 0 Å². The van der Waals surface area contributed by atoms with Crippen molar-refractivity contribution in [1.29, 1.82) is 0 Å². The van der Waals surface area contributed by atoms with Crippen molar-refractivity contribution >= 4 is 28.5 Å². The smallest absolute Gasteiger partial charge is 0.0948 e. The molecule has 100 valence electrons. The summed E-state index contributed by atoms with van der Waals surface area (Å²) < 4.78 is 0. The van der Waals surface area contributed by atoms with Gasteiger partial charge >= 0.3 is 0 Å². The van der Waals surface area contributed by atoms with Crippen LogP contribution in [0.15, 0.2) is 16.8 Å². The van der Waals surface area contributed by atoms with E-state index in [1.54, 1.807) is 11.3 Å². The molecule has 0 bridgehead atoms. The molecule has 1 unspecified atom stereocenters. The zero-order chi connectivity index (χ0) is 13.1. The Morgan fingerprint density at radius 1 is 1.56 bits per heavy atom.